The van der Waals surface area contributed by atoms with E-state index in [0.717, 1.165) is 12.8 Å². The Morgan fingerprint density at radius 2 is 1.92 bits per heavy atom. The van der Waals surface area contributed by atoms with Crippen molar-refractivity contribution in [1.29, 1.82) is 0 Å². The molecule has 138 valence electrons. The summed E-state index contributed by atoms with van der Waals surface area (Å²) in [6, 6.07) is 5.32. The number of piperidine rings is 1. The molecular weight excluding hydrogens is 322 g/mol. The highest BCUT2D eigenvalue weighted by Gasteiger charge is 2.26. The summed E-state index contributed by atoms with van der Waals surface area (Å²) < 4.78 is 10.5. The van der Waals surface area contributed by atoms with E-state index in [4.69, 9.17) is 9.47 Å². The second-order valence-electron chi connectivity index (χ2n) is 6.05. The van der Waals surface area contributed by atoms with Crippen LogP contribution in [0.2, 0.25) is 0 Å². The number of rotatable bonds is 7. The second kappa shape index (κ2) is 9.27. The largest absolute Gasteiger partial charge is 0.497 e. The predicted octanol–water partition coefficient (Wildman–Crippen LogP) is 1.03. The highest BCUT2D eigenvalue weighted by molar-refractivity contribution is 5.97. The summed E-state index contributed by atoms with van der Waals surface area (Å²) in [5, 5.41) is 5.99. The van der Waals surface area contributed by atoms with E-state index >= 15 is 0 Å². The second-order valence-corrected chi connectivity index (χ2v) is 6.05. The Morgan fingerprint density at radius 3 is 2.52 bits per heavy atom. The summed E-state index contributed by atoms with van der Waals surface area (Å²) in [5.41, 5.74) is 0.528. The number of nitrogens with one attached hydrogen (secondary N) is 2. The molecule has 0 unspecified atom stereocenters. The van der Waals surface area contributed by atoms with Crippen molar-refractivity contribution in [2.24, 2.45) is 0 Å². The van der Waals surface area contributed by atoms with Crippen LogP contribution in [0.5, 0.6) is 11.5 Å². The molecule has 7 heteroatoms. The van der Waals surface area contributed by atoms with Crippen molar-refractivity contribution in [3.05, 3.63) is 23.8 Å². The zero-order valence-electron chi connectivity index (χ0n) is 15.1. The standard InChI is InChI=1S/C18H27N3O4/c1-19-9-6-17(22)20-13-7-10-21(11-8-13)18(23)15-5-4-14(24-2)12-16(15)25-3/h4-5,12-13,19H,6-11H2,1-3H3,(H,20,22). The molecule has 7 nitrogen and oxygen atoms in total. The quantitative estimate of drug-likeness (QED) is 0.769. The molecule has 0 aliphatic carbocycles. The Labute approximate surface area is 148 Å². The van der Waals surface area contributed by atoms with E-state index in [1.54, 1.807) is 37.3 Å². The van der Waals surface area contributed by atoms with Gasteiger partial charge in [0.1, 0.15) is 11.5 Å². The molecule has 0 radical (unpaired) electrons. The molecule has 1 heterocycles. The Kier molecular flexibility index (Phi) is 7.06. The van der Waals surface area contributed by atoms with Crippen LogP contribution in [0.1, 0.15) is 29.6 Å². The number of hydrogen-bond acceptors (Lipinski definition) is 5. The van der Waals surface area contributed by atoms with Crippen molar-refractivity contribution in [2.45, 2.75) is 25.3 Å². The molecule has 1 aliphatic heterocycles. The van der Waals surface area contributed by atoms with E-state index in [0.29, 0.717) is 43.1 Å². The van der Waals surface area contributed by atoms with E-state index in [1.165, 1.54) is 0 Å². The van der Waals surface area contributed by atoms with Crippen molar-refractivity contribution in [3.63, 3.8) is 0 Å². The average molecular weight is 349 g/mol. The van der Waals surface area contributed by atoms with Crippen LogP contribution >= 0.6 is 0 Å². The van der Waals surface area contributed by atoms with E-state index in [2.05, 4.69) is 10.6 Å². The highest BCUT2D eigenvalue weighted by atomic mass is 16.5. The fourth-order valence-electron chi connectivity index (χ4n) is 2.91. The number of carbonyl (C=O) groups excluding carboxylic acids is 2. The van der Waals surface area contributed by atoms with Crippen molar-refractivity contribution in [2.75, 3.05) is 40.9 Å². The van der Waals surface area contributed by atoms with Gasteiger partial charge < -0.3 is 25.0 Å². The van der Waals surface area contributed by atoms with E-state index in [-0.39, 0.29) is 17.9 Å². The monoisotopic (exact) mass is 349 g/mol. The number of methoxy groups -OCH3 is 2. The normalized spacial score (nSPS) is 14.9. The van der Waals surface area contributed by atoms with Crippen molar-refractivity contribution < 1.29 is 19.1 Å². The molecule has 1 fully saturated rings. The number of likely N-dealkylation sites (tertiary alicyclic amines) is 1. The van der Waals surface area contributed by atoms with Crippen molar-refractivity contribution in [3.8, 4) is 11.5 Å². The first-order valence-electron chi connectivity index (χ1n) is 8.54. The van der Waals surface area contributed by atoms with Gasteiger partial charge in [0.25, 0.3) is 5.91 Å². The molecule has 25 heavy (non-hydrogen) atoms. The third kappa shape index (κ3) is 5.09. The highest BCUT2D eigenvalue weighted by Crippen LogP contribution is 2.26. The molecule has 2 rings (SSSR count). The molecule has 1 aromatic rings. The molecule has 0 aromatic heterocycles. The Bertz CT molecular complexity index is 598. The fourth-order valence-corrected chi connectivity index (χ4v) is 2.91. The summed E-state index contributed by atoms with van der Waals surface area (Å²) in [6.45, 7) is 1.90. The summed E-state index contributed by atoms with van der Waals surface area (Å²) in [5.74, 6) is 1.15. The van der Waals surface area contributed by atoms with Crippen LogP contribution in [-0.2, 0) is 4.79 Å². The summed E-state index contributed by atoms with van der Waals surface area (Å²) >= 11 is 0. The van der Waals surface area contributed by atoms with Crippen molar-refractivity contribution in [1.82, 2.24) is 15.5 Å². The SMILES string of the molecule is CNCCC(=O)NC1CCN(C(=O)c2ccc(OC)cc2OC)CC1. The minimum Gasteiger partial charge on any atom is -0.497 e. The molecule has 2 amide bonds. The minimum absolute atomic E-state index is 0.0518. The van der Waals surface area contributed by atoms with Gasteiger partial charge in [0.05, 0.1) is 19.8 Å². The van der Waals surface area contributed by atoms with Gasteiger partial charge in [-0.1, -0.05) is 0 Å². The third-order valence-corrected chi connectivity index (χ3v) is 4.39. The first-order chi connectivity index (χ1) is 12.1. The van der Waals surface area contributed by atoms with Gasteiger partial charge in [0.15, 0.2) is 0 Å². The molecule has 1 aliphatic rings. The topological polar surface area (TPSA) is 79.9 Å². The van der Waals surface area contributed by atoms with Crippen molar-refractivity contribution >= 4 is 11.8 Å². The number of carbonyl (C=O) groups is 2. The number of ether oxygens (including phenoxy) is 2. The van der Waals surface area contributed by atoms with Gasteiger partial charge in [-0.2, -0.15) is 0 Å². The lowest BCUT2D eigenvalue weighted by Crippen LogP contribution is -2.46. The lowest BCUT2D eigenvalue weighted by molar-refractivity contribution is -0.121. The van der Waals surface area contributed by atoms with Gasteiger partial charge in [-0.3, -0.25) is 9.59 Å². The molecule has 1 aromatic carbocycles. The Balaban J connectivity index is 1.92. The number of amides is 2. The average Bonchev–Trinajstić information content (AvgIpc) is 2.65. The molecule has 1 saturated heterocycles. The van der Waals surface area contributed by atoms with Crippen LogP contribution in [0.4, 0.5) is 0 Å². The van der Waals surface area contributed by atoms with Crippen LogP contribution < -0.4 is 20.1 Å². The van der Waals surface area contributed by atoms with Gasteiger partial charge in [0, 0.05) is 38.2 Å². The van der Waals surface area contributed by atoms with Gasteiger partial charge >= 0.3 is 0 Å². The van der Waals surface area contributed by atoms with E-state index in [1.807, 2.05) is 7.05 Å². The zero-order chi connectivity index (χ0) is 18.2. The number of hydrogen-bond donors (Lipinski definition) is 2. The summed E-state index contributed by atoms with van der Waals surface area (Å²) in [7, 11) is 4.94. The Hall–Kier alpha value is -2.28. The predicted molar refractivity (Wildman–Crippen MR) is 95.2 cm³/mol. The first-order valence-corrected chi connectivity index (χ1v) is 8.54. The van der Waals surface area contributed by atoms with Gasteiger partial charge in [0.2, 0.25) is 5.91 Å². The van der Waals surface area contributed by atoms with Crippen LogP contribution in [0.25, 0.3) is 0 Å². The first kappa shape index (κ1) is 19.1. The third-order valence-electron chi connectivity index (χ3n) is 4.39. The van der Waals surface area contributed by atoms with E-state index < -0.39 is 0 Å². The van der Waals surface area contributed by atoms with Gasteiger partial charge in [-0.15, -0.1) is 0 Å². The van der Waals surface area contributed by atoms with Crippen LogP contribution in [0, 0.1) is 0 Å². The molecule has 0 saturated carbocycles. The maximum absolute atomic E-state index is 12.8. The lowest BCUT2D eigenvalue weighted by Gasteiger charge is -2.32. The van der Waals surface area contributed by atoms with Gasteiger partial charge in [-0.25, -0.2) is 0 Å². The Morgan fingerprint density at radius 1 is 1.20 bits per heavy atom. The van der Waals surface area contributed by atoms with E-state index in [9.17, 15) is 9.59 Å². The number of benzene rings is 1. The molecule has 0 spiro atoms. The van der Waals surface area contributed by atoms with Crippen LogP contribution in [-0.4, -0.2) is 63.7 Å². The number of nitrogens with zero attached hydrogens (tertiary/aromatic N) is 1. The molecule has 2 N–H and O–H groups in total. The lowest BCUT2D eigenvalue weighted by atomic mass is 10.0. The van der Waals surface area contributed by atoms with Crippen LogP contribution in [0.15, 0.2) is 18.2 Å². The smallest absolute Gasteiger partial charge is 0.257 e. The minimum atomic E-state index is -0.0561. The maximum Gasteiger partial charge on any atom is 0.257 e. The molecular formula is C18H27N3O4. The van der Waals surface area contributed by atoms with Crippen LogP contribution in [0.3, 0.4) is 0 Å². The fraction of sp³-hybridized carbons (Fsp3) is 0.556. The molecule has 0 atom stereocenters. The van der Waals surface area contributed by atoms with Gasteiger partial charge in [-0.05, 0) is 32.0 Å². The summed E-state index contributed by atoms with van der Waals surface area (Å²) in [4.78, 5) is 26.4. The maximum atomic E-state index is 12.8. The zero-order valence-corrected chi connectivity index (χ0v) is 15.1. The molecule has 0 bridgehead atoms. The summed E-state index contributed by atoms with van der Waals surface area (Å²) in [6.07, 6.45) is 1.99.